The minimum Gasteiger partial charge on any atom is -0.310 e. The number of H-pyrrole nitrogens is 1. The quantitative estimate of drug-likeness (QED) is 0.879. The molecule has 0 aliphatic heterocycles. The van der Waals surface area contributed by atoms with Gasteiger partial charge in [-0.2, -0.15) is 0 Å². The van der Waals surface area contributed by atoms with E-state index in [1.807, 2.05) is 26.8 Å². The number of carbonyl (C=O) groups excluding carboxylic acids is 1. The summed E-state index contributed by atoms with van der Waals surface area (Å²) in [5, 5.41) is 0.546. The molecule has 94 valence electrons. The van der Waals surface area contributed by atoms with E-state index >= 15 is 0 Å². The van der Waals surface area contributed by atoms with Crippen LogP contribution in [0.5, 0.6) is 0 Å². The fraction of sp³-hybridized carbons (Fsp3) is 0.357. The first-order chi connectivity index (χ1) is 8.38. The zero-order chi connectivity index (χ0) is 13.3. The van der Waals surface area contributed by atoms with E-state index in [0.717, 1.165) is 0 Å². The zero-order valence-electron chi connectivity index (χ0n) is 10.8. The number of rotatable bonds is 2. The van der Waals surface area contributed by atoms with Crippen molar-refractivity contribution in [2.24, 2.45) is 5.41 Å². The molecule has 2 aromatic rings. The number of nitrogens with one attached hydrogen (secondary N) is 1. The first-order valence-electron chi connectivity index (χ1n) is 5.89. The lowest BCUT2D eigenvalue weighted by Crippen LogP contribution is -2.24. The van der Waals surface area contributed by atoms with Crippen molar-refractivity contribution < 1.29 is 4.79 Å². The third-order valence-electron chi connectivity index (χ3n) is 2.83. The molecule has 0 aliphatic carbocycles. The van der Waals surface area contributed by atoms with Crippen LogP contribution in [0.3, 0.4) is 0 Å². The fourth-order valence-corrected chi connectivity index (χ4v) is 1.64. The summed E-state index contributed by atoms with van der Waals surface area (Å²) in [4.78, 5) is 30.7. The Hall–Kier alpha value is -1.97. The molecule has 1 aromatic carbocycles. The van der Waals surface area contributed by atoms with Crippen LogP contribution in [0.2, 0.25) is 0 Å². The van der Waals surface area contributed by atoms with Crippen molar-refractivity contribution in [3.8, 4) is 0 Å². The van der Waals surface area contributed by atoms with Gasteiger partial charge >= 0.3 is 0 Å². The first-order valence-corrected chi connectivity index (χ1v) is 5.89. The average molecular weight is 244 g/mol. The molecule has 0 saturated carbocycles. The van der Waals surface area contributed by atoms with Gasteiger partial charge in [-0.25, -0.2) is 4.98 Å². The molecule has 0 aliphatic rings. The molecule has 0 spiro atoms. The van der Waals surface area contributed by atoms with Gasteiger partial charge < -0.3 is 4.98 Å². The van der Waals surface area contributed by atoms with E-state index in [1.165, 1.54) is 0 Å². The van der Waals surface area contributed by atoms with E-state index in [0.29, 0.717) is 16.7 Å². The van der Waals surface area contributed by atoms with Gasteiger partial charge in [0.15, 0.2) is 0 Å². The molecule has 4 nitrogen and oxygen atoms in total. The van der Waals surface area contributed by atoms with Crippen LogP contribution in [0.1, 0.15) is 26.6 Å². The van der Waals surface area contributed by atoms with Crippen LogP contribution >= 0.6 is 0 Å². The first kappa shape index (κ1) is 12.5. The van der Waals surface area contributed by atoms with Crippen LogP contribution in [0.4, 0.5) is 0 Å². The van der Waals surface area contributed by atoms with Crippen molar-refractivity contribution in [2.45, 2.75) is 27.2 Å². The van der Waals surface area contributed by atoms with Crippen LogP contribution in [0, 0.1) is 5.41 Å². The van der Waals surface area contributed by atoms with Crippen molar-refractivity contribution in [1.29, 1.82) is 0 Å². The summed E-state index contributed by atoms with van der Waals surface area (Å²) in [6.07, 6.45) is 0.156. The van der Waals surface area contributed by atoms with Gasteiger partial charge in [0, 0.05) is 5.41 Å². The number of hydrogen-bond donors (Lipinski definition) is 1. The predicted octanol–water partition coefficient (Wildman–Crippen LogP) is 2.08. The summed E-state index contributed by atoms with van der Waals surface area (Å²) in [7, 11) is 0. The molecular weight excluding hydrogens is 228 g/mol. The number of para-hydroxylation sites is 1. The summed E-state index contributed by atoms with van der Waals surface area (Å²) in [5.41, 5.74) is -0.000202. The highest BCUT2D eigenvalue weighted by atomic mass is 16.1. The summed E-state index contributed by atoms with van der Waals surface area (Å²) in [6.45, 7) is 5.57. The average Bonchev–Trinajstić information content (AvgIpc) is 2.27. The molecule has 0 amide bonds. The molecule has 0 bridgehead atoms. The standard InChI is InChI=1S/C14H16N2O2/c1-14(2,3)11(17)8-12-15-10-7-5-4-6-9(10)13(18)16-12/h4-7H,8H2,1-3H3,(H,15,16,18). The molecule has 0 atom stereocenters. The number of nitrogens with zero attached hydrogens (tertiary/aromatic N) is 1. The molecule has 0 unspecified atom stereocenters. The number of Topliss-reactive ketones (excluding diaryl/α,β-unsaturated/α-hetero) is 1. The topological polar surface area (TPSA) is 62.8 Å². The number of aromatic nitrogens is 2. The van der Waals surface area contributed by atoms with Gasteiger partial charge in [-0.05, 0) is 12.1 Å². The van der Waals surface area contributed by atoms with Crippen LogP contribution in [-0.2, 0) is 11.2 Å². The number of fused-ring (bicyclic) bond motifs is 1. The maximum atomic E-state index is 11.9. The van der Waals surface area contributed by atoms with Crippen LogP contribution in [-0.4, -0.2) is 15.8 Å². The molecule has 1 heterocycles. The Bertz CT molecular complexity index is 651. The molecule has 0 fully saturated rings. The Morgan fingerprint density at radius 2 is 1.94 bits per heavy atom. The lowest BCUT2D eigenvalue weighted by molar-refractivity contribution is -0.125. The summed E-state index contributed by atoms with van der Waals surface area (Å²) >= 11 is 0. The molecular formula is C14H16N2O2. The van der Waals surface area contributed by atoms with E-state index in [2.05, 4.69) is 9.97 Å². The van der Waals surface area contributed by atoms with Gasteiger partial charge in [0.2, 0.25) is 0 Å². The van der Waals surface area contributed by atoms with E-state index in [9.17, 15) is 9.59 Å². The summed E-state index contributed by atoms with van der Waals surface area (Å²) in [6, 6.07) is 7.11. The lowest BCUT2D eigenvalue weighted by atomic mass is 9.89. The second-order valence-electron chi connectivity index (χ2n) is 5.38. The monoisotopic (exact) mass is 244 g/mol. The zero-order valence-corrected chi connectivity index (χ0v) is 10.8. The van der Waals surface area contributed by atoms with Crippen molar-refractivity contribution in [2.75, 3.05) is 0 Å². The van der Waals surface area contributed by atoms with Crippen molar-refractivity contribution >= 4 is 16.7 Å². The second-order valence-corrected chi connectivity index (χ2v) is 5.38. The number of benzene rings is 1. The molecule has 18 heavy (non-hydrogen) atoms. The highest BCUT2D eigenvalue weighted by molar-refractivity contribution is 5.85. The number of carbonyl (C=O) groups is 1. The maximum absolute atomic E-state index is 11.9. The SMILES string of the molecule is CC(C)(C)C(=O)Cc1nc2ccccc2c(=O)[nH]1. The van der Waals surface area contributed by atoms with E-state index in [4.69, 9.17) is 0 Å². The highest BCUT2D eigenvalue weighted by Crippen LogP contribution is 2.16. The summed E-state index contributed by atoms with van der Waals surface area (Å²) < 4.78 is 0. The number of aromatic amines is 1. The lowest BCUT2D eigenvalue weighted by Gasteiger charge is -2.15. The Morgan fingerprint density at radius 1 is 1.28 bits per heavy atom. The van der Waals surface area contributed by atoms with Gasteiger partial charge in [0.1, 0.15) is 11.6 Å². The Kier molecular flexibility index (Phi) is 3.03. The van der Waals surface area contributed by atoms with E-state index < -0.39 is 5.41 Å². The van der Waals surface area contributed by atoms with Crippen LogP contribution in [0.25, 0.3) is 10.9 Å². The van der Waals surface area contributed by atoms with Crippen molar-refractivity contribution in [3.63, 3.8) is 0 Å². The Labute approximate surface area is 105 Å². The highest BCUT2D eigenvalue weighted by Gasteiger charge is 2.22. The number of ketones is 1. The van der Waals surface area contributed by atoms with Crippen molar-refractivity contribution in [1.82, 2.24) is 9.97 Å². The second kappa shape index (κ2) is 4.37. The predicted molar refractivity (Wildman–Crippen MR) is 70.5 cm³/mol. The van der Waals surface area contributed by atoms with Gasteiger partial charge in [-0.1, -0.05) is 32.9 Å². The minimum absolute atomic E-state index is 0.0564. The molecule has 1 N–H and O–H groups in total. The van der Waals surface area contributed by atoms with Crippen LogP contribution in [0.15, 0.2) is 29.1 Å². The minimum atomic E-state index is -0.426. The summed E-state index contributed by atoms with van der Waals surface area (Å²) in [5.74, 6) is 0.486. The smallest absolute Gasteiger partial charge is 0.258 e. The normalized spacial score (nSPS) is 11.7. The van der Waals surface area contributed by atoms with E-state index in [-0.39, 0.29) is 17.8 Å². The van der Waals surface area contributed by atoms with Gasteiger partial charge in [-0.3, -0.25) is 9.59 Å². The third-order valence-corrected chi connectivity index (χ3v) is 2.83. The fourth-order valence-electron chi connectivity index (χ4n) is 1.64. The Balaban J connectivity index is 2.42. The maximum Gasteiger partial charge on any atom is 0.258 e. The largest absolute Gasteiger partial charge is 0.310 e. The number of hydrogen-bond acceptors (Lipinski definition) is 3. The van der Waals surface area contributed by atoms with Gasteiger partial charge in [0.25, 0.3) is 5.56 Å². The molecule has 2 rings (SSSR count). The molecule has 0 saturated heterocycles. The van der Waals surface area contributed by atoms with Crippen LogP contribution < -0.4 is 5.56 Å². The Morgan fingerprint density at radius 3 is 2.61 bits per heavy atom. The van der Waals surface area contributed by atoms with Crippen molar-refractivity contribution in [3.05, 3.63) is 40.4 Å². The molecule has 1 aromatic heterocycles. The van der Waals surface area contributed by atoms with Gasteiger partial charge in [0.05, 0.1) is 17.3 Å². The van der Waals surface area contributed by atoms with E-state index in [1.54, 1.807) is 18.2 Å². The third kappa shape index (κ3) is 2.47. The van der Waals surface area contributed by atoms with Gasteiger partial charge in [-0.15, -0.1) is 0 Å². The molecule has 4 heteroatoms. The molecule has 0 radical (unpaired) electrons.